The molecular weight excluding hydrogens is 913 g/mol. The standard InChI is InChI=1S/C35H42F2N12O10P2S2/c1-15(2)23(38)32(51)46-16(3)31(50)47-18-6-4-17(5-7-18)10-63-61(54)56-9-20-27(22(37)35(58-20)48-13-44-24-28(39)40-11-41-29(24)48)60(53,62)55-8-19-26(59-61)21(36)34(57-19)49-14-45-25-30(49)42-12-43-33(25)52/h4-7,11-16,19-23,26-27,34-35H,8-10,38H2,1-3H3,(H,46,51)(H,47,50)(H,53,62)(H2,39,40,41)(H,42,43,52)/t16-,19+,20+,21+,22+,23-,26+,27+,34+,35+,60?,61?/m0/s1. The third-order valence-corrected chi connectivity index (χ3v) is 17.4. The van der Waals surface area contributed by atoms with Crippen LogP contribution < -0.4 is 22.1 Å². The number of ether oxygens (including phenoxy) is 2. The lowest BCUT2D eigenvalue weighted by atomic mass is 10.0. The quantitative estimate of drug-likeness (QED) is 0.0856. The number of nitrogen functional groups attached to an aromatic ring is 1. The van der Waals surface area contributed by atoms with Gasteiger partial charge in [0.05, 0.1) is 38.0 Å². The Kier molecular flexibility index (Phi) is 12.8. The number of halogens is 2. The zero-order valence-corrected chi connectivity index (χ0v) is 37.0. The van der Waals surface area contributed by atoms with E-state index in [0.29, 0.717) is 22.6 Å². The van der Waals surface area contributed by atoms with Crippen LogP contribution in [0.25, 0.3) is 22.3 Å². The summed E-state index contributed by atoms with van der Waals surface area (Å²) in [6.07, 6.45) is -7.30. The average molecular weight is 955 g/mol. The Bertz CT molecular complexity index is 2620. The topological polar surface area (TPSA) is 298 Å². The van der Waals surface area contributed by atoms with E-state index in [0.717, 1.165) is 19.0 Å². The smallest absolute Gasteiger partial charge is 0.389 e. The summed E-state index contributed by atoms with van der Waals surface area (Å²) in [6, 6.07) is 4.72. The van der Waals surface area contributed by atoms with Gasteiger partial charge in [0, 0.05) is 11.4 Å². The van der Waals surface area contributed by atoms with Crippen molar-refractivity contribution in [1.82, 2.24) is 44.4 Å². The molecule has 0 radical (unpaired) electrons. The van der Waals surface area contributed by atoms with Crippen LogP contribution in [0.4, 0.5) is 20.3 Å². The fourth-order valence-electron chi connectivity index (χ4n) is 7.16. The van der Waals surface area contributed by atoms with Gasteiger partial charge in [0.15, 0.2) is 47.4 Å². The van der Waals surface area contributed by atoms with Crippen LogP contribution in [-0.2, 0) is 47.5 Å². The summed E-state index contributed by atoms with van der Waals surface area (Å²) in [4.78, 5) is 49.3. The second-order valence-corrected chi connectivity index (χ2v) is 22.9. The summed E-state index contributed by atoms with van der Waals surface area (Å²) in [5.41, 5.74) is 11.4. The highest BCUT2D eigenvalue weighted by atomic mass is 32.7. The van der Waals surface area contributed by atoms with Crippen LogP contribution in [0.3, 0.4) is 0 Å². The molecule has 22 nitrogen and oxygen atoms in total. The molecule has 0 bridgehead atoms. The number of aromatic nitrogens is 8. The molecule has 5 aromatic rings. The highest BCUT2D eigenvalue weighted by Crippen LogP contribution is 2.67. The zero-order valence-electron chi connectivity index (χ0n) is 33.5. The largest absolute Gasteiger partial charge is 0.492 e. The molecule has 1 aromatic carbocycles. The average Bonchev–Trinajstić information content (AvgIpc) is 4.03. The number of alkyl halides is 2. The van der Waals surface area contributed by atoms with Crippen LogP contribution in [0.2, 0.25) is 0 Å². The lowest BCUT2D eigenvalue weighted by molar-refractivity contribution is -0.127. The Morgan fingerprint density at radius 2 is 1.52 bits per heavy atom. The molecule has 63 heavy (non-hydrogen) atoms. The van der Waals surface area contributed by atoms with Gasteiger partial charge in [0.25, 0.3) is 6.57 Å². The van der Waals surface area contributed by atoms with Gasteiger partial charge in [0.1, 0.15) is 42.1 Å². The fourth-order valence-corrected chi connectivity index (χ4v) is 13.2. The number of hydrogen-bond donors (Lipinski definition) is 6. The first-order chi connectivity index (χ1) is 29.9. The Balaban J connectivity index is 1.05. The van der Waals surface area contributed by atoms with Gasteiger partial charge in [-0.25, -0.2) is 38.3 Å². The minimum Gasteiger partial charge on any atom is -0.492 e. The first-order valence-corrected chi connectivity index (χ1v) is 25.3. The van der Waals surface area contributed by atoms with E-state index in [9.17, 15) is 23.8 Å². The van der Waals surface area contributed by atoms with Crippen LogP contribution in [0.1, 0.15) is 38.8 Å². The number of benzene rings is 1. The normalized spacial score (nSPS) is 31.0. The molecule has 28 heteroatoms. The van der Waals surface area contributed by atoms with Crippen LogP contribution in [0.5, 0.6) is 5.88 Å². The Morgan fingerprint density at radius 3 is 2.22 bits per heavy atom. The molecule has 3 fully saturated rings. The number of aromatic hydroxyl groups is 1. The molecule has 7 heterocycles. The van der Waals surface area contributed by atoms with Crippen LogP contribution >= 0.6 is 37.0 Å². The van der Waals surface area contributed by atoms with Crippen molar-refractivity contribution in [3.63, 3.8) is 0 Å². The third-order valence-electron chi connectivity index (χ3n) is 10.7. The SMILES string of the molecule is CC(C)[C@H](N)C(=O)N[C@@H](C)C(=O)Nc1ccc(CSP2(=O)OC[C@H]3O[C@@H](n4cnc5c(N)ncnc54)[C@H](F)[C@@H]3P(=O)(S)OC[C@H]3O[C@@H](n4cnc5c(O)ncnc54)[C@H](F)[C@@H]3O2)cc1. The van der Waals surface area contributed by atoms with Gasteiger partial charge in [-0.05, 0) is 41.9 Å². The van der Waals surface area contributed by atoms with E-state index < -0.39 is 105 Å². The second kappa shape index (κ2) is 17.9. The van der Waals surface area contributed by atoms with Crippen LogP contribution in [0.15, 0.2) is 49.6 Å². The molecule has 12 atom stereocenters. The molecule has 8 rings (SSSR count). The molecule has 4 aromatic heterocycles. The number of amides is 2. The number of hydrogen-bond acceptors (Lipinski definition) is 19. The highest BCUT2D eigenvalue weighted by molar-refractivity contribution is 8.54. The number of rotatable bonds is 10. The van der Waals surface area contributed by atoms with Gasteiger partial charge in [0.2, 0.25) is 17.7 Å². The maximum atomic E-state index is 16.8. The van der Waals surface area contributed by atoms with Gasteiger partial charge in [-0.1, -0.05) is 38.2 Å². The lowest BCUT2D eigenvalue weighted by Crippen LogP contribution is -2.50. The van der Waals surface area contributed by atoms with Gasteiger partial charge in [-0.3, -0.25) is 32.3 Å². The van der Waals surface area contributed by atoms with Gasteiger partial charge < -0.3 is 41.2 Å². The second-order valence-electron chi connectivity index (χ2n) is 15.2. The number of thiol groups is 1. The number of nitrogens with two attached hydrogens (primary N) is 2. The number of imidazole rings is 2. The molecule has 0 saturated carbocycles. The highest BCUT2D eigenvalue weighted by Gasteiger charge is 2.58. The van der Waals surface area contributed by atoms with Crippen LogP contribution in [-0.4, -0.2) is 118 Å². The van der Waals surface area contributed by atoms with E-state index in [4.69, 9.17) is 34.5 Å². The summed E-state index contributed by atoms with van der Waals surface area (Å²) in [6.45, 7) is -5.21. The van der Waals surface area contributed by atoms with Crippen molar-refractivity contribution in [3.05, 3.63) is 55.1 Å². The summed E-state index contributed by atoms with van der Waals surface area (Å²) in [7, 11) is 0. The van der Waals surface area contributed by atoms with Crippen molar-refractivity contribution in [2.45, 2.75) is 87.4 Å². The molecule has 3 saturated heterocycles. The molecule has 3 aliphatic rings. The van der Waals surface area contributed by atoms with Gasteiger partial charge in [-0.15, -0.1) is 0 Å². The molecule has 3 aliphatic heterocycles. The summed E-state index contributed by atoms with van der Waals surface area (Å²) < 4.78 is 95.2. The molecule has 0 spiro atoms. The first kappa shape index (κ1) is 45.2. The Labute approximate surface area is 365 Å². The van der Waals surface area contributed by atoms with E-state index in [2.05, 4.69) is 52.8 Å². The number of nitrogens with one attached hydrogen (secondary N) is 2. The van der Waals surface area contributed by atoms with Crippen molar-refractivity contribution in [2.24, 2.45) is 11.7 Å². The predicted molar refractivity (Wildman–Crippen MR) is 226 cm³/mol. The summed E-state index contributed by atoms with van der Waals surface area (Å²) in [5.74, 6) is -1.60. The molecule has 2 unspecified atom stereocenters. The molecule has 2 amide bonds. The number of anilines is 2. The van der Waals surface area contributed by atoms with E-state index in [1.165, 1.54) is 22.4 Å². The molecule has 7 N–H and O–H groups in total. The monoisotopic (exact) mass is 954 g/mol. The van der Waals surface area contributed by atoms with Crippen molar-refractivity contribution < 1.29 is 55.7 Å². The van der Waals surface area contributed by atoms with E-state index in [1.807, 2.05) is 0 Å². The fraction of sp³-hybridized carbons (Fsp3) is 0.486. The van der Waals surface area contributed by atoms with Crippen molar-refractivity contribution in [1.29, 1.82) is 0 Å². The summed E-state index contributed by atoms with van der Waals surface area (Å²) >= 11 is 4.99. The van der Waals surface area contributed by atoms with Crippen molar-refractivity contribution in [3.8, 4) is 5.88 Å². The van der Waals surface area contributed by atoms with E-state index >= 15 is 8.78 Å². The predicted octanol–water partition coefficient (Wildman–Crippen LogP) is 3.82. The van der Waals surface area contributed by atoms with E-state index in [-0.39, 0.29) is 39.8 Å². The Morgan fingerprint density at radius 1 is 0.905 bits per heavy atom. The van der Waals surface area contributed by atoms with Crippen molar-refractivity contribution in [2.75, 3.05) is 24.3 Å². The van der Waals surface area contributed by atoms with Crippen LogP contribution in [0, 0.1) is 5.92 Å². The lowest BCUT2D eigenvalue weighted by Gasteiger charge is -2.25. The minimum absolute atomic E-state index is 0.00394. The molecule has 338 valence electrons. The first-order valence-electron chi connectivity index (χ1n) is 19.3. The molecule has 0 aliphatic carbocycles. The molecular formula is C35H42F2N12O10P2S2. The third kappa shape index (κ3) is 9.02. The van der Waals surface area contributed by atoms with Gasteiger partial charge in [-0.2, -0.15) is 4.98 Å². The number of carbonyl (C=O) groups excluding carboxylic acids is 2. The zero-order chi connectivity index (χ0) is 45.0. The van der Waals surface area contributed by atoms with Gasteiger partial charge >= 0.3 is 6.80 Å². The Hall–Kier alpha value is -4.36. The number of carbonyl (C=O) groups is 2. The minimum atomic E-state index is -4.54. The maximum Gasteiger partial charge on any atom is 0.389 e. The van der Waals surface area contributed by atoms with Crippen molar-refractivity contribution >= 4 is 82.6 Å². The van der Waals surface area contributed by atoms with E-state index in [1.54, 1.807) is 38.1 Å². The summed E-state index contributed by atoms with van der Waals surface area (Å²) in [5, 5.41) is 15.5. The maximum absolute atomic E-state index is 16.8. The number of nitrogens with zero attached hydrogens (tertiary/aromatic N) is 8. The number of fused-ring (bicyclic) bond motifs is 4.